The number of nitrogens with zero attached hydrogens (tertiary/aromatic N) is 1. The number of hydrogen-bond donors (Lipinski definition) is 2. The van der Waals surface area contributed by atoms with Crippen molar-refractivity contribution in [3.05, 3.63) is 35.4 Å². The van der Waals surface area contributed by atoms with Gasteiger partial charge in [-0.15, -0.1) is 24.8 Å². The molecule has 7 heteroatoms. The molecule has 1 amide bonds. The zero-order chi connectivity index (χ0) is 18.2. The number of methoxy groups -OCH3 is 1. The van der Waals surface area contributed by atoms with Crippen LogP contribution in [0.1, 0.15) is 37.8 Å². The number of carbonyl (C=O) groups excluding carboxylic acids is 1. The molecule has 3 N–H and O–H groups in total. The van der Waals surface area contributed by atoms with E-state index in [0.29, 0.717) is 19.5 Å². The molecule has 27 heavy (non-hydrogen) atoms. The summed E-state index contributed by atoms with van der Waals surface area (Å²) in [7, 11) is 1.58. The zero-order valence-corrected chi connectivity index (χ0v) is 18.3. The highest BCUT2D eigenvalue weighted by Gasteiger charge is 2.21. The van der Waals surface area contributed by atoms with Crippen LogP contribution in [0.4, 0.5) is 0 Å². The van der Waals surface area contributed by atoms with Crippen molar-refractivity contribution in [2.24, 2.45) is 17.6 Å². The molecule has 1 saturated heterocycles. The maximum atomic E-state index is 11.9. The number of halogens is 2. The van der Waals surface area contributed by atoms with Gasteiger partial charge in [0.05, 0.1) is 12.5 Å². The number of nitrogens with two attached hydrogens (primary N) is 1. The highest BCUT2D eigenvalue weighted by molar-refractivity contribution is 5.85. The standard InChI is InChI=1S/C20H33N3O2.2ClH/c1-15-8-16(2)13-23(12-15)14-18-6-4-17(5-7-18)11-22-20(24)9-19(10-21)25-3;;/h4-7,15-16,19H,8-14,21H2,1-3H3,(H,22,24);2*1H. The number of hydrogen-bond acceptors (Lipinski definition) is 4. The van der Waals surface area contributed by atoms with Crippen LogP contribution < -0.4 is 11.1 Å². The number of nitrogens with one attached hydrogen (secondary N) is 1. The van der Waals surface area contributed by atoms with E-state index in [1.165, 1.54) is 25.1 Å². The van der Waals surface area contributed by atoms with Crippen molar-refractivity contribution in [1.82, 2.24) is 10.2 Å². The topological polar surface area (TPSA) is 67.6 Å². The van der Waals surface area contributed by atoms with Gasteiger partial charge in [0, 0.05) is 39.8 Å². The van der Waals surface area contributed by atoms with Crippen molar-refractivity contribution in [2.75, 3.05) is 26.7 Å². The molecule has 0 aromatic heterocycles. The molecule has 5 nitrogen and oxygen atoms in total. The lowest BCUT2D eigenvalue weighted by molar-refractivity contribution is -0.123. The molecule has 1 aromatic rings. The summed E-state index contributed by atoms with van der Waals surface area (Å²) in [5, 5.41) is 2.93. The van der Waals surface area contributed by atoms with Crippen LogP contribution in [0.25, 0.3) is 0 Å². The molecule has 3 unspecified atom stereocenters. The van der Waals surface area contributed by atoms with Crippen molar-refractivity contribution in [3.63, 3.8) is 0 Å². The van der Waals surface area contributed by atoms with Crippen LogP contribution in [0.3, 0.4) is 0 Å². The quantitative estimate of drug-likeness (QED) is 0.679. The lowest BCUT2D eigenvalue weighted by Gasteiger charge is -2.35. The van der Waals surface area contributed by atoms with E-state index in [9.17, 15) is 4.79 Å². The molecule has 3 atom stereocenters. The lowest BCUT2D eigenvalue weighted by atomic mass is 9.91. The fourth-order valence-electron chi connectivity index (χ4n) is 3.68. The Morgan fingerprint density at radius 1 is 1.19 bits per heavy atom. The van der Waals surface area contributed by atoms with E-state index in [0.717, 1.165) is 23.9 Å². The number of amides is 1. The largest absolute Gasteiger partial charge is 0.380 e. The number of benzene rings is 1. The van der Waals surface area contributed by atoms with Gasteiger partial charge in [-0.2, -0.15) is 0 Å². The molecule has 1 aromatic carbocycles. The van der Waals surface area contributed by atoms with Crippen LogP contribution >= 0.6 is 24.8 Å². The van der Waals surface area contributed by atoms with Gasteiger partial charge in [-0.3, -0.25) is 9.69 Å². The van der Waals surface area contributed by atoms with Crippen molar-refractivity contribution in [1.29, 1.82) is 0 Å². The zero-order valence-electron chi connectivity index (χ0n) is 16.6. The third-order valence-corrected chi connectivity index (χ3v) is 4.87. The normalized spacial score (nSPS) is 20.9. The second-order valence-electron chi connectivity index (χ2n) is 7.53. The average Bonchev–Trinajstić information content (AvgIpc) is 2.58. The minimum Gasteiger partial charge on any atom is -0.380 e. The van der Waals surface area contributed by atoms with E-state index < -0.39 is 0 Å². The maximum absolute atomic E-state index is 11.9. The minimum atomic E-state index is -0.211. The first-order valence-electron chi connectivity index (χ1n) is 9.29. The second kappa shape index (κ2) is 13.3. The van der Waals surface area contributed by atoms with E-state index >= 15 is 0 Å². The van der Waals surface area contributed by atoms with Gasteiger partial charge in [0.2, 0.25) is 5.91 Å². The molecule has 1 heterocycles. The Kier molecular flexibility index (Phi) is 12.9. The van der Waals surface area contributed by atoms with Gasteiger partial charge >= 0.3 is 0 Å². The average molecular weight is 420 g/mol. The SMILES string of the molecule is COC(CN)CC(=O)NCc1ccc(CN2CC(C)CC(C)C2)cc1.Cl.Cl. The monoisotopic (exact) mass is 419 g/mol. The third-order valence-electron chi connectivity index (χ3n) is 4.87. The van der Waals surface area contributed by atoms with Gasteiger partial charge in [-0.05, 0) is 29.4 Å². The van der Waals surface area contributed by atoms with Gasteiger partial charge in [-0.25, -0.2) is 0 Å². The van der Waals surface area contributed by atoms with E-state index in [1.54, 1.807) is 7.11 Å². The number of likely N-dealkylation sites (tertiary alicyclic amines) is 1. The molecular formula is C20H35Cl2N3O2. The highest BCUT2D eigenvalue weighted by atomic mass is 35.5. The summed E-state index contributed by atoms with van der Waals surface area (Å²) in [6, 6.07) is 8.54. The van der Waals surface area contributed by atoms with E-state index in [2.05, 4.69) is 48.3 Å². The molecule has 0 spiro atoms. The summed E-state index contributed by atoms with van der Waals surface area (Å²) in [5.41, 5.74) is 7.98. The molecule has 0 aliphatic carbocycles. The van der Waals surface area contributed by atoms with Crippen LogP contribution in [0.5, 0.6) is 0 Å². The Morgan fingerprint density at radius 2 is 1.74 bits per heavy atom. The number of piperidine rings is 1. The fraction of sp³-hybridized carbons (Fsp3) is 0.650. The molecular weight excluding hydrogens is 385 g/mol. The molecule has 1 fully saturated rings. The summed E-state index contributed by atoms with van der Waals surface area (Å²) < 4.78 is 5.13. The summed E-state index contributed by atoms with van der Waals surface area (Å²) in [5.74, 6) is 1.53. The Morgan fingerprint density at radius 3 is 2.26 bits per heavy atom. The second-order valence-corrected chi connectivity index (χ2v) is 7.53. The van der Waals surface area contributed by atoms with E-state index in [1.807, 2.05) is 0 Å². The molecule has 0 radical (unpaired) electrons. The Hall–Kier alpha value is -0.850. The van der Waals surface area contributed by atoms with Gasteiger partial charge in [-0.1, -0.05) is 38.1 Å². The van der Waals surface area contributed by atoms with Crippen LogP contribution in [0.15, 0.2) is 24.3 Å². The van der Waals surface area contributed by atoms with Gasteiger partial charge in [0.15, 0.2) is 0 Å². The van der Waals surface area contributed by atoms with Crippen molar-refractivity contribution < 1.29 is 9.53 Å². The minimum absolute atomic E-state index is 0. The van der Waals surface area contributed by atoms with E-state index in [4.69, 9.17) is 10.5 Å². The molecule has 1 aliphatic heterocycles. The Labute approximate surface area is 176 Å². The predicted molar refractivity (Wildman–Crippen MR) is 115 cm³/mol. The summed E-state index contributed by atoms with van der Waals surface area (Å²) in [4.78, 5) is 14.4. The lowest BCUT2D eigenvalue weighted by Crippen LogP contribution is -2.38. The maximum Gasteiger partial charge on any atom is 0.222 e. The van der Waals surface area contributed by atoms with E-state index in [-0.39, 0.29) is 36.8 Å². The summed E-state index contributed by atoms with van der Waals surface area (Å²) in [6.45, 7) is 8.95. The van der Waals surface area contributed by atoms with Crippen molar-refractivity contribution in [3.8, 4) is 0 Å². The Bertz CT molecular complexity index is 529. The summed E-state index contributed by atoms with van der Waals surface area (Å²) in [6.07, 6.45) is 1.43. The van der Waals surface area contributed by atoms with Crippen molar-refractivity contribution in [2.45, 2.75) is 45.9 Å². The molecule has 1 aliphatic rings. The summed E-state index contributed by atoms with van der Waals surface area (Å²) >= 11 is 0. The van der Waals surface area contributed by atoms with Crippen molar-refractivity contribution >= 4 is 30.7 Å². The Balaban J connectivity index is 0.00000338. The van der Waals surface area contributed by atoms with Crippen LogP contribution in [-0.2, 0) is 22.6 Å². The van der Waals surface area contributed by atoms with Crippen LogP contribution in [-0.4, -0.2) is 43.7 Å². The molecule has 0 bridgehead atoms. The molecule has 2 rings (SSSR count). The van der Waals surface area contributed by atoms with Crippen LogP contribution in [0, 0.1) is 11.8 Å². The first-order chi connectivity index (χ1) is 12.0. The highest BCUT2D eigenvalue weighted by Crippen LogP contribution is 2.22. The third kappa shape index (κ3) is 9.26. The smallest absolute Gasteiger partial charge is 0.222 e. The van der Waals surface area contributed by atoms with Gasteiger partial charge < -0.3 is 15.8 Å². The predicted octanol–water partition coefficient (Wildman–Crippen LogP) is 2.99. The molecule has 156 valence electrons. The van der Waals surface area contributed by atoms with Gasteiger partial charge in [0.25, 0.3) is 0 Å². The van der Waals surface area contributed by atoms with Crippen LogP contribution in [0.2, 0.25) is 0 Å². The van der Waals surface area contributed by atoms with Gasteiger partial charge in [0.1, 0.15) is 0 Å². The first kappa shape index (κ1) is 26.1. The number of carbonyl (C=O) groups is 1. The first-order valence-corrected chi connectivity index (χ1v) is 9.29. The molecule has 0 saturated carbocycles. The number of rotatable bonds is 8. The number of ether oxygens (including phenoxy) is 1. The fourth-order valence-corrected chi connectivity index (χ4v) is 3.68.